The molecular formula is C14H28N2. The topological polar surface area (TPSA) is 6.48 Å². The first-order valence-electron chi connectivity index (χ1n) is 6.98. The Morgan fingerprint density at radius 3 is 1.94 bits per heavy atom. The Morgan fingerprint density at radius 2 is 1.50 bits per heavy atom. The second-order valence-corrected chi connectivity index (χ2v) is 6.93. The predicted molar refractivity (Wildman–Crippen MR) is 69.7 cm³/mol. The number of hydrogen-bond donors (Lipinski definition) is 0. The van der Waals surface area contributed by atoms with Crippen LogP contribution < -0.4 is 0 Å². The molecule has 1 heterocycles. The van der Waals surface area contributed by atoms with Crippen LogP contribution in [-0.4, -0.2) is 49.1 Å². The average Bonchev–Trinajstić information content (AvgIpc) is 2.11. The molecule has 0 amide bonds. The molecule has 2 heteroatoms. The third-order valence-electron chi connectivity index (χ3n) is 3.90. The summed E-state index contributed by atoms with van der Waals surface area (Å²) in [5.74, 6) is 1.04. The fourth-order valence-electron chi connectivity index (χ4n) is 2.84. The molecule has 0 N–H and O–H groups in total. The van der Waals surface area contributed by atoms with Crippen LogP contribution in [0.4, 0.5) is 0 Å². The van der Waals surface area contributed by atoms with Gasteiger partial charge in [-0.2, -0.15) is 0 Å². The summed E-state index contributed by atoms with van der Waals surface area (Å²) in [4.78, 5) is 5.32. The molecule has 2 fully saturated rings. The fraction of sp³-hybridized carbons (Fsp3) is 1.00. The van der Waals surface area contributed by atoms with E-state index < -0.39 is 0 Å². The minimum Gasteiger partial charge on any atom is -0.301 e. The van der Waals surface area contributed by atoms with Crippen LogP contribution in [0.5, 0.6) is 0 Å². The van der Waals surface area contributed by atoms with E-state index in [0.717, 1.165) is 5.92 Å². The zero-order valence-electron chi connectivity index (χ0n) is 11.3. The lowest BCUT2D eigenvalue weighted by Gasteiger charge is -2.40. The summed E-state index contributed by atoms with van der Waals surface area (Å²) in [7, 11) is 0. The van der Waals surface area contributed by atoms with Gasteiger partial charge in [0.05, 0.1) is 0 Å². The van der Waals surface area contributed by atoms with Gasteiger partial charge in [0.25, 0.3) is 0 Å². The van der Waals surface area contributed by atoms with Crippen LogP contribution in [0.3, 0.4) is 0 Å². The summed E-state index contributed by atoms with van der Waals surface area (Å²) in [6.07, 6.45) is 4.46. The monoisotopic (exact) mass is 224 g/mol. The van der Waals surface area contributed by atoms with Gasteiger partial charge in [-0.25, -0.2) is 0 Å². The van der Waals surface area contributed by atoms with Crippen LogP contribution >= 0.6 is 0 Å². The molecule has 0 aromatic heterocycles. The van der Waals surface area contributed by atoms with Gasteiger partial charge in [-0.15, -0.1) is 0 Å². The Labute approximate surface area is 101 Å². The van der Waals surface area contributed by atoms with Crippen molar-refractivity contribution in [3.63, 3.8) is 0 Å². The predicted octanol–water partition coefficient (Wildman–Crippen LogP) is 2.45. The third-order valence-corrected chi connectivity index (χ3v) is 3.90. The lowest BCUT2D eigenvalue weighted by Crippen LogP contribution is -2.50. The quantitative estimate of drug-likeness (QED) is 0.726. The van der Waals surface area contributed by atoms with Crippen molar-refractivity contribution in [1.29, 1.82) is 0 Å². The van der Waals surface area contributed by atoms with Gasteiger partial charge in [0, 0.05) is 39.3 Å². The minimum atomic E-state index is 0.455. The van der Waals surface area contributed by atoms with Crippen LogP contribution in [0.15, 0.2) is 0 Å². The van der Waals surface area contributed by atoms with E-state index in [0.29, 0.717) is 5.41 Å². The molecule has 0 spiro atoms. The van der Waals surface area contributed by atoms with Gasteiger partial charge in [0.1, 0.15) is 0 Å². The van der Waals surface area contributed by atoms with Crippen molar-refractivity contribution in [1.82, 2.24) is 9.80 Å². The van der Waals surface area contributed by atoms with E-state index in [-0.39, 0.29) is 0 Å². The van der Waals surface area contributed by atoms with E-state index in [1.54, 1.807) is 0 Å². The Hall–Kier alpha value is -0.0800. The van der Waals surface area contributed by atoms with E-state index in [9.17, 15) is 0 Å². The number of hydrogen-bond acceptors (Lipinski definition) is 2. The zero-order valence-corrected chi connectivity index (χ0v) is 11.3. The molecule has 2 aliphatic rings. The molecule has 0 aromatic carbocycles. The summed E-state index contributed by atoms with van der Waals surface area (Å²) in [6, 6.07) is 0. The molecule has 0 bridgehead atoms. The van der Waals surface area contributed by atoms with Gasteiger partial charge < -0.3 is 9.80 Å². The first kappa shape index (κ1) is 12.4. The van der Waals surface area contributed by atoms with Gasteiger partial charge in [-0.05, 0) is 24.2 Å². The van der Waals surface area contributed by atoms with Gasteiger partial charge in [-0.3, -0.25) is 0 Å². The van der Waals surface area contributed by atoms with E-state index in [2.05, 4.69) is 30.6 Å². The third kappa shape index (κ3) is 3.74. The normalized spacial score (nSPS) is 25.7. The van der Waals surface area contributed by atoms with Gasteiger partial charge in [-0.1, -0.05) is 27.2 Å². The molecule has 0 aromatic rings. The molecule has 2 nitrogen and oxygen atoms in total. The molecular weight excluding hydrogens is 196 g/mol. The van der Waals surface area contributed by atoms with Crippen LogP contribution in [0, 0.1) is 11.3 Å². The molecule has 16 heavy (non-hydrogen) atoms. The van der Waals surface area contributed by atoms with Gasteiger partial charge in [0.15, 0.2) is 0 Å². The highest BCUT2D eigenvalue weighted by molar-refractivity contribution is 4.79. The molecule has 0 radical (unpaired) electrons. The standard InChI is InChI=1S/C14H28N2/c1-14(2,3)12-16-9-7-15(8-10-16)11-13-5-4-6-13/h13H,4-12H2,1-3H3. The first-order chi connectivity index (χ1) is 7.53. The van der Waals surface area contributed by atoms with Crippen molar-refractivity contribution in [2.75, 3.05) is 39.3 Å². The Kier molecular flexibility index (Phi) is 3.91. The maximum absolute atomic E-state index is 2.68. The summed E-state index contributed by atoms with van der Waals surface area (Å²) in [5.41, 5.74) is 0.455. The summed E-state index contributed by atoms with van der Waals surface area (Å²) in [6.45, 7) is 14.8. The van der Waals surface area contributed by atoms with Gasteiger partial charge >= 0.3 is 0 Å². The van der Waals surface area contributed by atoms with E-state index in [1.807, 2.05) is 0 Å². The highest BCUT2D eigenvalue weighted by atomic mass is 15.3. The summed E-state index contributed by atoms with van der Waals surface area (Å²) in [5, 5.41) is 0. The fourth-order valence-corrected chi connectivity index (χ4v) is 2.84. The lowest BCUT2D eigenvalue weighted by molar-refractivity contribution is 0.0807. The van der Waals surface area contributed by atoms with Crippen molar-refractivity contribution >= 4 is 0 Å². The number of rotatable bonds is 3. The lowest BCUT2D eigenvalue weighted by atomic mass is 9.85. The Bertz CT molecular complexity index is 207. The molecule has 2 rings (SSSR count). The Morgan fingerprint density at radius 1 is 0.938 bits per heavy atom. The molecule has 0 atom stereocenters. The maximum Gasteiger partial charge on any atom is 0.0110 e. The Balaban J connectivity index is 1.65. The molecule has 1 saturated heterocycles. The van der Waals surface area contributed by atoms with Crippen molar-refractivity contribution in [3.05, 3.63) is 0 Å². The molecule has 1 aliphatic carbocycles. The molecule has 1 aliphatic heterocycles. The minimum absolute atomic E-state index is 0.455. The molecule has 1 saturated carbocycles. The number of piperazine rings is 1. The van der Waals surface area contributed by atoms with Gasteiger partial charge in [0.2, 0.25) is 0 Å². The van der Waals surface area contributed by atoms with Crippen molar-refractivity contribution in [3.8, 4) is 0 Å². The highest BCUT2D eigenvalue weighted by Gasteiger charge is 2.25. The van der Waals surface area contributed by atoms with E-state index >= 15 is 0 Å². The van der Waals surface area contributed by atoms with Crippen LogP contribution in [0.2, 0.25) is 0 Å². The van der Waals surface area contributed by atoms with Crippen molar-refractivity contribution in [2.24, 2.45) is 11.3 Å². The molecule has 94 valence electrons. The summed E-state index contributed by atoms with van der Waals surface area (Å²) < 4.78 is 0. The second kappa shape index (κ2) is 5.05. The largest absolute Gasteiger partial charge is 0.301 e. The second-order valence-electron chi connectivity index (χ2n) is 6.93. The SMILES string of the molecule is CC(C)(C)CN1CCN(CC2CCC2)CC1. The van der Waals surface area contributed by atoms with E-state index in [1.165, 1.54) is 58.5 Å². The van der Waals surface area contributed by atoms with Crippen molar-refractivity contribution in [2.45, 2.75) is 40.0 Å². The average molecular weight is 224 g/mol. The highest BCUT2D eigenvalue weighted by Crippen LogP contribution is 2.27. The maximum atomic E-state index is 2.68. The van der Waals surface area contributed by atoms with Crippen molar-refractivity contribution < 1.29 is 0 Å². The van der Waals surface area contributed by atoms with E-state index in [4.69, 9.17) is 0 Å². The van der Waals surface area contributed by atoms with Crippen LogP contribution in [0.25, 0.3) is 0 Å². The number of nitrogens with zero attached hydrogens (tertiary/aromatic N) is 2. The smallest absolute Gasteiger partial charge is 0.0110 e. The molecule has 0 unspecified atom stereocenters. The van der Waals surface area contributed by atoms with Crippen LogP contribution in [-0.2, 0) is 0 Å². The zero-order chi connectivity index (χ0) is 11.6. The van der Waals surface area contributed by atoms with Crippen LogP contribution in [0.1, 0.15) is 40.0 Å². The first-order valence-corrected chi connectivity index (χ1v) is 6.98. The summed E-state index contributed by atoms with van der Waals surface area (Å²) >= 11 is 0.